The van der Waals surface area contributed by atoms with Gasteiger partial charge in [0.05, 0.1) is 0 Å². The van der Waals surface area contributed by atoms with Crippen molar-refractivity contribution in [3.63, 3.8) is 0 Å². The van der Waals surface area contributed by atoms with Crippen LogP contribution in [0.5, 0.6) is 0 Å². The van der Waals surface area contributed by atoms with Crippen molar-refractivity contribution in [1.82, 2.24) is 0 Å². The molecular formula is C6H14O6Si. The van der Waals surface area contributed by atoms with Gasteiger partial charge in [-0.1, -0.05) is 0 Å². The van der Waals surface area contributed by atoms with Gasteiger partial charge in [-0.25, -0.2) is 0 Å². The zero-order valence-electron chi connectivity index (χ0n) is 8.03. The smallest absolute Gasteiger partial charge is 0.300 e. The monoisotopic (exact) mass is 210 g/mol. The van der Waals surface area contributed by atoms with Crippen LogP contribution in [-0.2, 0) is 18.8 Å². The van der Waals surface area contributed by atoms with Gasteiger partial charge in [-0.3, -0.25) is 14.4 Å². The summed E-state index contributed by atoms with van der Waals surface area (Å²) in [6, 6.07) is 0. The topological polar surface area (TPSA) is 101 Å². The van der Waals surface area contributed by atoms with Crippen LogP contribution < -0.4 is 0 Å². The number of rotatable bonds is 0. The standard InChI is InChI=1S/C2H6O2Si.2C2H4O2/c1-2(3)4-5;2*1-2(3)4/h1,5H3;2*1H3,(H,3,4). The quantitative estimate of drug-likeness (QED) is 0.498. The zero-order valence-corrected chi connectivity index (χ0v) is 10.0. The summed E-state index contributed by atoms with van der Waals surface area (Å²) in [7, 11) is 0.524. The molecule has 0 saturated carbocycles. The predicted molar refractivity (Wildman–Crippen MR) is 48.3 cm³/mol. The first kappa shape index (κ1) is 17.6. The second-order valence-corrected chi connectivity index (χ2v) is 2.14. The number of carbonyl (C=O) groups is 3. The van der Waals surface area contributed by atoms with E-state index < -0.39 is 11.9 Å². The second kappa shape index (κ2) is 13.2. The van der Waals surface area contributed by atoms with Crippen molar-refractivity contribution in [2.75, 3.05) is 0 Å². The van der Waals surface area contributed by atoms with Crippen molar-refractivity contribution in [3.8, 4) is 0 Å². The fourth-order valence-electron chi connectivity index (χ4n) is 0. The summed E-state index contributed by atoms with van der Waals surface area (Å²) in [4.78, 5) is 27.6. The number of hydrogen-bond acceptors (Lipinski definition) is 4. The molecule has 0 aromatic carbocycles. The summed E-state index contributed by atoms with van der Waals surface area (Å²) in [5.41, 5.74) is 0. The minimum atomic E-state index is -0.833. The zero-order chi connectivity index (χ0) is 11.4. The lowest BCUT2D eigenvalue weighted by atomic mass is 10.9. The van der Waals surface area contributed by atoms with Crippen LogP contribution in [0, 0.1) is 0 Å². The number of aliphatic carboxylic acids is 2. The molecule has 0 aromatic rings. The van der Waals surface area contributed by atoms with Gasteiger partial charge in [0.1, 0.15) is 0 Å². The van der Waals surface area contributed by atoms with Crippen molar-refractivity contribution >= 4 is 28.4 Å². The molecule has 6 nitrogen and oxygen atoms in total. The van der Waals surface area contributed by atoms with E-state index in [0.717, 1.165) is 13.8 Å². The molecule has 0 aliphatic rings. The van der Waals surface area contributed by atoms with Crippen LogP contribution in [0.3, 0.4) is 0 Å². The third kappa shape index (κ3) is 2010. The van der Waals surface area contributed by atoms with Gasteiger partial charge in [0, 0.05) is 20.8 Å². The minimum Gasteiger partial charge on any atom is -0.529 e. The van der Waals surface area contributed by atoms with Crippen LogP contribution >= 0.6 is 0 Å². The molecule has 0 atom stereocenters. The highest BCUT2D eigenvalue weighted by atomic mass is 28.2. The maximum absolute atomic E-state index is 9.62. The average Bonchev–Trinajstić information content (AvgIpc) is 1.84. The highest BCUT2D eigenvalue weighted by molar-refractivity contribution is 6.04. The Labute approximate surface area is 79.1 Å². The van der Waals surface area contributed by atoms with Gasteiger partial charge < -0.3 is 14.6 Å². The van der Waals surface area contributed by atoms with E-state index in [9.17, 15) is 4.79 Å². The third-order valence-corrected chi connectivity index (χ3v) is 0.862. The van der Waals surface area contributed by atoms with Crippen LogP contribution in [0.1, 0.15) is 20.8 Å². The van der Waals surface area contributed by atoms with Crippen molar-refractivity contribution in [3.05, 3.63) is 0 Å². The van der Waals surface area contributed by atoms with E-state index in [1.54, 1.807) is 0 Å². The van der Waals surface area contributed by atoms with Gasteiger partial charge in [-0.05, 0) is 0 Å². The lowest BCUT2D eigenvalue weighted by Crippen LogP contribution is -1.90. The van der Waals surface area contributed by atoms with Crippen molar-refractivity contribution in [2.24, 2.45) is 0 Å². The Morgan fingerprint density at radius 3 is 1.08 bits per heavy atom. The molecule has 0 amide bonds. The maximum Gasteiger partial charge on any atom is 0.300 e. The van der Waals surface area contributed by atoms with Crippen molar-refractivity contribution < 1.29 is 29.0 Å². The maximum atomic E-state index is 9.62. The molecular weight excluding hydrogens is 196 g/mol. The third-order valence-electron chi connectivity index (χ3n) is 0.287. The van der Waals surface area contributed by atoms with Gasteiger partial charge >= 0.3 is 0 Å². The molecule has 0 unspecified atom stereocenters. The number of carbonyl (C=O) groups excluding carboxylic acids is 1. The lowest BCUT2D eigenvalue weighted by Gasteiger charge is -1.82. The molecule has 0 aliphatic heterocycles. The van der Waals surface area contributed by atoms with E-state index >= 15 is 0 Å². The summed E-state index contributed by atoms with van der Waals surface area (Å²) in [5, 5.41) is 14.8. The molecule has 7 heteroatoms. The van der Waals surface area contributed by atoms with Gasteiger partial charge in [0.25, 0.3) is 17.9 Å². The average molecular weight is 210 g/mol. The van der Waals surface area contributed by atoms with Crippen LogP contribution in [0.4, 0.5) is 0 Å². The molecule has 0 heterocycles. The van der Waals surface area contributed by atoms with Crippen LogP contribution in [0.15, 0.2) is 0 Å². The number of carboxylic acid groups (broad SMARTS) is 2. The highest BCUT2D eigenvalue weighted by Crippen LogP contribution is 1.58. The Morgan fingerprint density at radius 2 is 1.08 bits per heavy atom. The Morgan fingerprint density at radius 1 is 1.00 bits per heavy atom. The molecule has 0 fully saturated rings. The summed E-state index contributed by atoms with van der Waals surface area (Å²) in [6.45, 7) is 3.56. The van der Waals surface area contributed by atoms with Crippen molar-refractivity contribution in [1.29, 1.82) is 0 Å². The molecule has 2 N–H and O–H groups in total. The van der Waals surface area contributed by atoms with Gasteiger partial charge in [-0.15, -0.1) is 0 Å². The SMILES string of the molecule is CC(=O)O.CC(=O)O.CC(=O)O[SiH3]. The predicted octanol–water partition coefficient (Wildman–Crippen LogP) is -0.988. The first-order valence-electron chi connectivity index (χ1n) is 3.17. The van der Waals surface area contributed by atoms with Crippen LogP contribution in [0.2, 0.25) is 0 Å². The largest absolute Gasteiger partial charge is 0.529 e. The van der Waals surface area contributed by atoms with Gasteiger partial charge in [0.2, 0.25) is 10.5 Å². The Bertz CT molecular complexity index is 147. The molecule has 0 radical (unpaired) electrons. The van der Waals surface area contributed by atoms with Crippen LogP contribution in [0.25, 0.3) is 0 Å². The first-order valence-corrected chi connectivity index (χ1v) is 3.99. The summed E-state index contributed by atoms with van der Waals surface area (Å²) in [6.07, 6.45) is 0. The van der Waals surface area contributed by atoms with E-state index in [4.69, 9.17) is 19.8 Å². The Balaban J connectivity index is -0.000000117. The van der Waals surface area contributed by atoms with Gasteiger partial charge in [-0.2, -0.15) is 0 Å². The summed E-state index contributed by atoms with van der Waals surface area (Å²) < 4.78 is 4.25. The Hall–Kier alpha value is -1.37. The lowest BCUT2D eigenvalue weighted by molar-refractivity contribution is -0.135. The fourth-order valence-corrected chi connectivity index (χ4v) is 0. The molecule has 0 aliphatic carbocycles. The van der Waals surface area contributed by atoms with Crippen molar-refractivity contribution in [2.45, 2.75) is 20.8 Å². The summed E-state index contributed by atoms with van der Waals surface area (Å²) in [5.74, 6) is -1.85. The minimum absolute atomic E-state index is 0.184. The molecule has 13 heavy (non-hydrogen) atoms. The molecule has 0 rings (SSSR count). The fraction of sp³-hybridized carbons (Fsp3) is 0.500. The van der Waals surface area contributed by atoms with E-state index in [2.05, 4.69) is 4.43 Å². The van der Waals surface area contributed by atoms with Gasteiger partial charge in [0.15, 0.2) is 0 Å². The molecule has 0 spiro atoms. The number of carboxylic acids is 2. The molecule has 0 aromatic heterocycles. The number of hydrogen-bond donors (Lipinski definition) is 2. The van der Waals surface area contributed by atoms with E-state index in [1.165, 1.54) is 6.92 Å². The molecule has 78 valence electrons. The molecule has 0 saturated heterocycles. The van der Waals surface area contributed by atoms with E-state index in [-0.39, 0.29) is 5.97 Å². The van der Waals surface area contributed by atoms with E-state index in [1.807, 2.05) is 0 Å². The second-order valence-electron chi connectivity index (χ2n) is 1.73. The first-order chi connectivity index (χ1) is 5.73. The van der Waals surface area contributed by atoms with Crippen LogP contribution in [-0.4, -0.2) is 38.6 Å². The highest BCUT2D eigenvalue weighted by Gasteiger charge is 1.74. The summed E-state index contributed by atoms with van der Waals surface area (Å²) >= 11 is 0. The normalized spacial score (nSPS) is 6.69. The Kier molecular flexibility index (Phi) is 18.0. The van der Waals surface area contributed by atoms with E-state index in [0.29, 0.717) is 10.5 Å². The molecule has 0 bridgehead atoms.